The molecule has 1 aliphatic heterocycles. The van der Waals surface area contributed by atoms with E-state index in [0.717, 1.165) is 12.5 Å². The van der Waals surface area contributed by atoms with Crippen molar-refractivity contribution in [2.45, 2.75) is 18.9 Å². The van der Waals surface area contributed by atoms with Gasteiger partial charge in [0.2, 0.25) is 5.89 Å². The predicted molar refractivity (Wildman–Crippen MR) is 113 cm³/mol. The number of amides is 2. The van der Waals surface area contributed by atoms with Crippen LogP contribution in [0.4, 0.5) is 23.7 Å². The molecule has 0 saturated carbocycles. The second-order valence-corrected chi connectivity index (χ2v) is 7.65. The lowest BCUT2D eigenvalue weighted by Crippen LogP contribution is -2.34. The molecule has 1 fully saturated rings. The number of fused-ring (bicyclic) bond motifs is 1. The number of carbonyl (C=O) groups excluding carboxylic acids is 1. The number of rotatable bonds is 3. The molecule has 162 valence electrons. The largest absolute Gasteiger partial charge is 0.438 e. The van der Waals surface area contributed by atoms with Crippen LogP contribution in [0.2, 0.25) is 0 Å². The van der Waals surface area contributed by atoms with Crippen molar-refractivity contribution in [1.82, 2.24) is 9.88 Å². The Balaban J connectivity index is 1.41. The van der Waals surface area contributed by atoms with Crippen LogP contribution < -0.4 is 5.32 Å². The predicted octanol–water partition coefficient (Wildman–Crippen LogP) is 6.28. The number of aromatic nitrogens is 1. The Bertz CT molecular complexity index is 1320. The van der Waals surface area contributed by atoms with E-state index in [9.17, 15) is 18.0 Å². The number of hydrogen-bond donors (Lipinski definition) is 1. The minimum absolute atomic E-state index is 0.259. The molecule has 0 bridgehead atoms. The molecule has 1 atom stereocenters. The van der Waals surface area contributed by atoms with E-state index in [4.69, 9.17) is 4.42 Å². The molecule has 0 radical (unpaired) electrons. The van der Waals surface area contributed by atoms with Crippen LogP contribution in [0.25, 0.3) is 22.2 Å². The smallest absolute Gasteiger partial charge is 0.322 e. The molecule has 1 saturated heterocycles. The summed E-state index contributed by atoms with van der Waals surface area (Å²) in [5.41, 5.74) is 2.18. The van der Waals surface area contributed by atoms with Crippen molar-refractivity contribution in [3.63, 3.8) is 0 Å². The molecule has 3 aromatic carbocycles. The maximum Gasteiger partial charge on any atom is 0.322 e. The van der Waals surface area contributed by atoms with Crippen molar-refractivity contribution < 1.29 is 22.4 Å². The normalized spacial score (nSPS) is 16.0. The number of carbonyl (C=O) groups is 1. The standard InChI is InChI=1S/C24H18F3N3O2/c25-15-3-1-4-17(12-15)28-24(31)30-10-2-5-21(30)23-29-20-11-14(6-9-22(20)32-23)18-8-7-16(26)13-19(18)27/h1,3-4,6-9,11-13,21H,2,5,10H2,(H,28,31)/t21-/m1/s1. The molecule has 1 N–H and O–H groups in total. The van der Waals surface area contributed by atoms with Crippen molar-refractivity contribution in [3.8, 4) is 11.1 Å². The Morgan fingerprint density at radius 1 is 1.03 bits per heavy atom. The Kier molecular flexibility index (Phi) is 5.05. The van der Waals surface area contributed by atoms with Gasteiger partial charge in [-0.05, 0) is 60.9 Å². The zero-order valence-corrected chi connectivity index (χ0v) is 16.8. The first-order chi connectivity index (χ1) is 15.5. The van der Waals surface area contributed by atoms with E-state index in [2.05, 4.69) is 10.3 Å². The topological polar surface area (TPSA) is 58.4 Å². The van der Waals surface area contributed by atoms with Crippen molar-refractivity contribution >= 4 is 22.8 Å². The molecule has 1 aromatic heterocycles. The van der Waals surface area contributed by atoms with E-state index in [-0.39, 0.29) is 17.6 Å². The van der Waals surface area contributed by atoms with Gasteiger partial charge in [0.15, 0.2) is 5.58 Å². The first-order valence-corrected chi connectivity index (χ1v) is 10.2. The number of hydrogen-bond acceptors (Lipinski definition) is 3. The lowest BCUT2D eigenvalue weighted by molar-refractivity contribution is 0.199. The summed E-state index contributed by atoms with van der Waals surface area (Å²) in [5, 5.41) is 2.70. The highest BCUT2D eigenvalue weighted by atomic mass is 19.1. The second kappa shape index (κ2) is 8.03. The molecule has 0 aliphatic carbocycles. The van der Waals surface area contributed by atoms with E-state index in [1.165, 1.54) is 30.3 Å². The average Bonchev–Trinajstić information content (AvgIpc) is 3.40. The van der Waals surface area contributed by atoms with E-state index in [1.54, 1.807) is 29.2 Å². The highest BCUT2D eigenvalue weighted by Gasteiger charge is 2.33. The van der Waals surface area contributed by atoms with Gasteiger partial charge >= 0.3 is 6.03 Å². The van der Waals surface area contributed by atoms with Crippen molar-refractivity contribution in [2.24, 2.45) is 0 Å². The van der Waals surface area contributed by atoms with Crippen LogP contribution in [-0.4, -0.2) is 22.5 Å². The maximum atomic E-state index is 14.2. The van der Waals surface area contributed by atoms with Gasteiger partial charge < -0.3 is 14.6 Å². The summed E-state index contributed by atoms with van der Waals surface area (Å²) >= 11 is 0. The number of anilines is 1. The van der Waals surface area contributed by atoms with E-state index >= 15 is 0 Å². The second-order valence-electron chi connectivity index (χ2n) is 7.65. The number of halogens is 3. The lowest BCUT2D eigenvalue weighted by atomic mass is 10.0. The molecule has 5 nitrogen and oxygen atoms in total. The summed E-state index contributed by atoms with van der Waals surface area (Å²) in [5.74, 6) is -1.37. The summed E-state index contributed by atoms with van der Waals surface area (Å²) in [6.45, 7) is 0.510. The lowest BCUT2D eigenvalue weighted by Gasteiger charge is -2.22. The molecule has 32 heavy (non-hydrogen) atoms. The highest BCUT2D eigenvalue weighted by molar-refractivity contribution is 5.90. The maximum absolute atomic E-state index is 14.2. The Hall–Kier alpha value is -3.81. The minimum Gasteiger partial charge on any atom is -0.438 e. The van der Waals surface area contributed by atoms with E-state index in [1.807, 2.05) is 0 Å². The van der Waals surface area contributed by atoms with Gasteiger partial charge in [-0.3, -0.25) is 0 Å². The number of urea groups is 1. The van der Waals surface area contributed by atoms with Crippen LogP contribution in [0.5, 0.6) is 0 Å². The fourth-order valence-electron chi connectivity index (χ4n) is 4.01. The van der Waals surface area contributed by atoms with Gasteiger partial charge in [-0.15, -0.1) is 0 Å². The molecule has 2 amide bonds. The third-order valence-corrected chi connectivity index (χ3v) is 5.52. The number of oxazole rings is 1. The van der Waals surface area contributed by atoms with Gasteiger partial charge in [-0.1, -0.05) is 12.1 Å². The van der Waals surface area contributed by atoms with Gasteiger partial charge in [0.25, 0.3) is 0 Å². The van der Waals surface area contributed by atoms with Crippen LogP contribution in [-0.2, 0) is 0 Å². The summed E-state index contributed by atoms with van der Waals surface area (Å²) in [4.78, 5) is 18.9. The molecule has 4 aromatic rings. The molecular weight excluding hydrogens is 419 g/mol. The summed E-state index contributed by atoms with van der Waals surface area (Å²) in [6, 6.07) is 13.4. The number of nitrogens with one attached hydrogen (secondary N) is 1. The Morgan fingerprint density at radius 2 is 1.88 bits per heavy atom. The van der Waals surface area contributed by atoms with E-state index in [0.29, 0.717) is 41.2 Å². The zero-order chi connectivity index (χ0) is 22.2. The average molecular weight is 437 g/mol. The molecule has 0 spiro atoms. The fourth-order valence-corrected chi connectivity index (χ4v) is 4.01. The number of benzene rings is 3. The Labute approximate surface area is 181 Å². The van der Waals surface area contributed by atoms with Crippen molar-refractivity contribution in [2.75, 3.05) is 11.9 Å². The van der Waals surface area contributed by atoms with Gasteiger partial charge in [0.05, 0.1) is 0 Å². The van der Waals surface area contributed by atoms with Crippen LogP contribution in [0, 0.1) is 17.5 Å². The monoisotopic (exact) mass is 437 g/mol. The molecule has 8 heteroatoms. The van der Waals surface area contributed by atoms with Crippen LogP contribution >= 0.6 is 0 Å². The molecule has 2 heterocycles. The molecule has 0 unspecified atom stereocenters. The first kappa shape index (κ1) is 20.1. The van der Waals surface area contributed by atoms with Gasteiger partial charge in [-0.25, -0.2) is 22.9 Å². The number of likely N-dealkylation sites (tertiary alicyclic amines) is 1. The minimum atomic E-state index is -0.663. The fraction of sp³-hybridized carbons (Fsp3) is 0.167. The highest BCUT2D eigenvalue weighted by Crippen LogP contribution is 2.35. The number of nitrogens with zero attached hydrogens (tertiary/aromatic N) is 2. The Morgan fingerprint density at radius 3 is 2.69 bits per heavy atom. The first-order valence-electron chi connectivity index (χ1n) is 10.2. The summed E-state index contributed by atoms with van der Waals surface area (Å²) in [6.07, 6.45) is 1.44. The third-order valence-electron chi connectivity index (χ3n) is 5.52. The van der Waals surface area contributed by atoms with Crippen LogP contribution in [0.15, 0.2) is 65.1 Å². The third kappa shape index (κ3) is 3.79. The van der Waals surface area contributed by atoms with Crippen molar-refractivity contribution in [3.05, 3.63) is 84.0 Å². The van der Waals surface area contributed by atoms with Crippen LogP contribution in [0.1, 0.15) is 24.8 Å². The summed E-state index contributed by atoms with van der Waals surface area (Å²) in [7, 11) is 0. The molecular formula is C24H18F3N3O2. The van der Waals surface area contributed by atoms with Gasteiger partial charge in [0.1, 0.15) is 29.0 Å². The van der Waals surface area contributed by atoms with Gasteiger partial charge in [-0.2, -0.15) is 0 Å². The van der Waals surface area contributed by atoms with Crippen LogP contribution in [0.3, 0.4) is 0 Å². The zero-order valence-electron chi connectivity index (χ0n) is 16.8. The molecule has 1 aliphatic rings. The quantitative estimate of drug-likeness (QED) is 0.410. The SMILES string of the molecule is O=C(Nc1cccc(F)c1)N1CCC[C@@H]1c1nc2cc(-c3ccc(F)cc3F)ccc2o1. The van der Waals surface area contributed by atoms with Crippen molar-refractivity contribution in [1.29, 1.82) is 0 Å². The van der Waals surface area contributed by atoms with E-state index < -0.39 is 17.5 Å². The summed E-state index contributed by atoms with van der Waals surface area (Å²) < 4.78 is 46.7. The van der Waals surface area contributed by atoms with Gasteiger partial charge in [0, 0.05) is 23.9 Å². The molecule has 5 rings (SSSR count).